The molecule has 0 spiro atoms. The lowest BCUT2D eigenvalue weighted by molar-refractivity contribution is -0.121. The highest BCUT2D eigenvalue weighted by atomic mass is 19.1. The maximum atomic E-state index is 13.2. The van der Waals surface area contributed by atoms with E-state index >= 15 is 0 Å². The number of nitrogens with one attached hydrogen (secondary N) is 2. The highest BCUT2D eigenvalue weighted by Gasteiger charge is 2.28. The molecule has 0 saturated heterocycles. The molecule has 1 aromatic carbocycles. The summed E-state index contributed by atoms with van der Waals surface area (Å²) >= 11 is 0. The molecule has 6 heteroatoms. The second kappa shape index (κ2) is 7.72. The smallest absolute Gasteiger partial charge is 0.227 e. The van der Waals surface area contributed by atoms with Crippen molar-refractivity contribution < 1.29 is 9.18 Å². The Morgan fingerprint density at radius 2 is 1.93 bits per heavy atom. The molecule has 28 heavy (non-hydrogen) atoms. The Bertz CT molecular complexity index is 972. The third kappa shape index (κ3) is 3.78. The van der Waals surface area contributed by atoms with Crippen LogP contribution in [0.2, 0.25) is 0 Å². The van der Waals surface area contributed by atoms with Gasteiger partial charge in [-0.2, -0.15) is 0 Å². The van der Waals surface area contributed by atoms with Crippen molar-refractivity contribution >= 4 is 22.6 Å². The molecule has 146 valence electrons. The van der Waals surface area contributed by atoms with Gasteiger partial charge in [0.25, 0.3) is 0 Å². The van der Waals surface area contributed by atoms with E-state index in [0.717, 1.165) is 48.0 Å². The van der Waals surface area contributed by atoms with Gasteiger partial charge in [0.2, 0.25) is 5.91 Å². The van der Waals surface area contributed by atoms with Crippen LogP contribution in [0.25, 0.3) is 22.3 Å². The Morgan fingerprint density at radius 1 is 1.21 bits per heavy atom. The standard InChI is InChI=1S/C22H25FN4O/c1-13(24)14-2-4-16(5-3-14)22(28)27-19-10-11-25-21-18(19)12-20(26-21)15-6-8-17(23)9-7-15/h6-14,16H,2-5,24H2,1H3,(H2,25,26,27,28)/t13?,14-,16-. The molecule has 1 amide bonds. The highest BCUT2D eigenvalue weighted by Crippen LogP contribution is 2.32. The van der Waals surface area contributed by atoms with Gasteiger partial charge in [-0.1, -0.05) is 0 Å². The summed E-state index contributed by atoms with van der Waals surface area (Å²) in [6.07, 6.45) is 5.43. The summed E-state index contributed by atoms with van der Waals surface area (Å²) in [6.45, 7) is 2.05. The van der Waals surface area contributed by atoms with Crippen molar-refractivity contribution in [1.29, 1.82) is 0 Å². The normalized spacial score (nSPS) is 20.8. The van der Waals surface area contributed by atoms with Gasteiger partial charge in [-0.25, -0.2) is 9.37 Å². The van der Waals surface area contributed by atoms with Gasteiger partial charge in [0.15, 0.2) is 0 Å². The number of benzene rings is 1. The van der Waals surface area contributed by atoms with Crippen molar-refractivity contribution in [2.24, 2.45) is 17.6 Å². The molecule has 4 N–H and O–H groups in total. The van der Waals surface area contributed by atoms with E-state index in [1.54, 1.807) is 18.3 Å². The number of rotatable bonds is 4. The maximum absolute atomic E-state index is 13.2. The predicted octanol–water partition coefficient (Wildman–Crippen LogP) is 4.46. The summed E-state index contributed by atoms with van der Waals surface area (Å²) < 4.78 is 13.2. The summed E-state index contributed by atoms with van der Waals surface area (Å²) in [5.74, 6) is 0.318. The van der Waals surface area contributed by atoms with Crippen LogP contribution < -0.4 is 11.1 Å². The lowest BCUT2D eigenvalue weighted by Gasteiger charge is -2.30. The molecular weight excluding hydrogens is 355 g/mol. The second-order valence-electron chi connectivity index (χ2n) is 7.77. The number of nitrogens with two attached hydrogens (primary N) is 1. The number of carbonyl (C=O) groups excluding carboxylic acids is 1. The number of nitrogens with zero attached hydrogens (tertiary/aromatic N) is 1. The van der Waals surface area contributed by atoms with Crippen LogP contribution in [0.4, 0.5) is 10.1 Å². The molecule has 0 radical (unpaired) electrons. The Labute approximate surface area is 163 Å². The first-order valence-corrected chi connectivity index (χ1v) is 9.81. The molecule has 1 aliphatic carbocycles. The Morgan fingerprint density at radius 3 is 2.61 bits per heavy atom. The molecule has 2 aromatic heterocycles. The number of amides is 1. The zero-order valence-corrected chi connectivity index (χ0v) is 15.9. The lowest BCUT2D eigenvalue weighted by atomic mass is 9.79. The van der Waals surface area contributed by atoms with Crippen LogP contribution in [0.1, 0.15) is 32.6 Å². The Balaban J connectivity index is 1.52. The summed E-state index contributed by atoms with van der Waals surface area (Å²) in [6, 6.07) is 10.2. The summed E-state index contributed by atoms with van der Waals surface area (Å²) in [7, 11) is 0. The van der Waals surface area contributed by atoms with E-state index in [1.165, 1.54) is 12.1 Å². The first kappa shape index (κ1) is 18.6. The van der Waals surface area contributed by atoms with E-state index in [0.29, 0.717) is 11.6 Å². The monoisotopic (exact) mass is 380 g/mol. The summed E-state index contributed by atoms with van der Waals surface area (Å²) in [4.78, 5) is 20.4. The number of hydrogen-bond donors (Lipinski definition) is 3. The van der Waals surface area contributed by atoms with Gasteiger partial charge < -0.3 is 16.0 Å². The van der Waals surface area contributed by atoms with Gasteiger partial charge in [0.05, 0.1) is 5.69 Å². The molecule has 1 aliphatic rings. The number of anilines is 1. The van der Waals surface area contributed by atoms with Gasteiger partial charge in [-0.3, -0.25) is 4.79 Å². The molecule has 1 fully saturated rings. The van der Waals surface area contributed by atoms with Crippen molar-refractivity contribution in [3.8, 4) is 11.3 Å². The number of carbonyl (C=O) groups is 1. The minimum Gasteiger partial charge on any atom is -0.339 e. The van der Waals surface area contributed by atoms with E-state index in [4.69, 9.17) is 5.73 Å². The van der Waals surface area contributed by atoms with Gasteiger partial charge in [-0.05, 0) is 80.5 Å². The average Bonchev–Trinajstić information content (AvgIpc) is 3.14. The van der Waals surface area contributed by atoms with Crippen LogP contribution in [-0.2, 0) is 4.79 Å². The number of pyridine rings is 1. The molecule has 4 rings (SSSR count). The minimum absolute atomic E-state index is 0.0220. The first-order chi connectivity index (χ1) is 13.5. The molecule has 2 heterocycles. The van der Waals surface area contributed by atoms with Gasteiger partial charge in [0, 0.05) is 29.2 Å². The quantitative estimate of drug-likeness (QED) is 0.625. The zero-order chi connectivity index (χ0) is 19.7. The second-order valence-corrected chi connectivity index (χ2v) is 7.77. The van der Waals surface area contributed by atoms with Crippen molar-refractivity contribution in [2.75, 3.05) is 5.32 Å². The largest absolute Gasteiger partial charge is 0.339 e. The number of fused-ring (bicyclic) bond motifs is 1. The van der Waals surface area contributed by atoms with Crippen LogP contribution in [0, 0.1) is 17.7 Å². The van der Waals surface area contributed by atoms with Gasteiger partial charge >= 0.3 is 0 Å². The van der Waals surface area contributed by atoms with Crippen LogP contribution >= 0.6 is 0 Å². The number of halogens is 1. The number of H-pyrrole nitrogens is 1. The zero-order valence-electron chi connectivity index (χ0n) is 15.9. The fourth-order valence-corrected chi connectivity index (χ4v) is 4.06. The van der Waals surface area contributed by atoms with Gasteiger partial charge in [-0.15, -0.1) is 0 Å². The molecule has 0 aliphatic heterocycles. The minimum atomic E-state index is -0.273. The van der Waals surface area contributed by atoms with E-state index < -0.39 is 0 Å². The van der Waals surface area contributed by atoms with Crippen LogP contribution in [0.3, 0.4) is 0 Å². The topological polar surface area (TPSA) is 83.8 Å². The van der Waals surface area contributed by atoms with Gasteiger partial charge in [0.1, 0.15) is 11.5 Å². The molecule has 1 unspecified atom stereocenters. The Hall–Kier alpha value is -2.73. The average molecular weight is 380 g/mol. The molecule has 1 atom stereocenters. The van der Waals surface area contributed by atoms with Crippen molar-refractivity contribution in [3.63, 3.8) is 0 Å². The first-order valence-electron chi connectivity index (χ1n) is 9.81. The fourth-order valence-electron chi connectivity index (χ4n) is 4.06. The van der Waals surface area contributed by atoms with E-state index in [2.05, 4.69) is 15.3 Å². The molecule has 3 aromatic rings. The number of aromatic nitrogens is 2. The van der Waals surface area contributed by atoms with Crippen LogP contribution in [0.5, 0.6) is 0 Å². The van der Waals surface area contributed by atoms with Crippen molar-refractivity contribution in [3.05, 3.63) is 48.4 Å². The molecule has 0 bridgehead atoms. The van der Waals surface area contributed by atoms with E-state index in [-0.39, 0.29) is 23.7 Å². The third-order valence-electron chi connectivity index (χ3n) is 5.83. The molecular formula is C22H25FN4O. The predicted molar refractivity (Wildman–Crippen MR) is 109 cm³/mol. The Kier molecular flexibility index (Phi) is 5.13. The summed E-state index contributed by atoms with van der Waals surface area (Å²) in [5.41, 5.74) is 9.14. The summed E-state index contributed by atoms with van der Waals surface area (Å²) in [5, 5.41) is 3.93. The molecule has 5 nitrogen and oxygen atoms in total. The lowest BCUT2D eigenvalue weighted by Crippen LogP contribution is -2.33. The van der Waals surface area contributed by atoms with Crippen LogP contribution in [0.15, 0.2) is 42.6 Å². The van der Waals surface area contributed by atoms with E-state index in [9.17, 15) is 9.18 Å². The molecule has 1 saturated carbocycles. The maximum Gasteiger partial charge on any atom is 0.227 e. The highest BCUT2D eigenvalue weighted by molar-refractivity contribution is 6.02. The third-order valence-corrected chi connectivity index (χ3v) is 5.83. The fraction of sp³-hybridized carbons (Fsp3) is 0.364. The van der Waals surface area contributed by atoms with E-state index in [1.807, 2.05) is 19.1 Å². The number of hydrogen-bond acceptors (Lipinski definition) is 3. The van der Waals surface area contributed by atoms with Crippen LogP contribution in [-0.4, -0.2) is 21.9 Å². The number of aromatic amines is 1. The van der Waals surface area contributed by atoms with Crippen molar-refractivity contribution in [1.82, 2.24) is 9.97 Å². The van der Waals surface area contributed by atoms with Crippen molar-refractivity contribution in [2.45, 2.75) is 38.6 Å². The SMILES string of the molecule is CC(N)[C@H]1CC[C@H](C(=O)Nc2ccnc3[nH]c(-c4ccc(F)cc4)cc23)CC1.